The summed E-state index contributed by atoms with van der Waals surface area (Å²) < 4.78 is 5.91. The van der Waals surface area contributed by atoms with E-state index in [9.17, 15) is 4.79 Å². The van der Waals surface area contributed by atoms with Gasteiger partial charge in [0.1, 0.15) is 5.60 Å². The van der Waals surface area contributed by atoms with Crippen LogP contribution in [0.25, 0.3) is 0 Å². The second kappa shape index (κ2) is 13.1. The van der Waals surface area contributed by atoms with Crippen LogP contribution in [0, 0.1) is 0 Å². The summed E-state index contributed by atoms with van der Waals surface area (Å²) in [4.78, 5) is 20.3. The molecule has 3 aromatic carbocycles. The Kier molecular flexibility index (Phi) is 10.1. The van der Waals surface area contributed by atoms with Crippen molar-refractivity contribution in [1.29, 1.82) is 0 Å². The highest BCUT2D eigenvalue weighted by atomic mass is 16.6. The standard InChI is InChI=1S/C34H47N3O2/c1-10-36(11-2)27-18-14-25(15-19-27)32(26-16-20-28(21-17-26)37(12-3)13-4)30-23-22-29(35(8)9)24-31(30)33(38)39-34(5,6)7/h14-24,32H,10-13H2,1-9H3. The van der Waals surface area contributed by atoms with Crippen LogP contribution in [0.5, 0.6) is 0 Å². The fraction of sp³-hybridized carbons (Fsp3) is 0.441. The Bertz CT molecular complexity index is 1150. The van der Waals surface area contributed by atoms with Crippen LogP contribution in [0.15, 0.2) is 66.7 Å². The number of carbonyl (C=O) groups excluding carboxylic acids is 1. The molecular formula is C34H47N3O2. The van der Waals surface area contributed by atoms with Gasteiger partial charge in [0.05, 0.1) is 5.56 Å². The number of ether oxygens (including phenoxy) is 1. The van der Waals surface area contributed by atoms with Crippen LogP contribution < -0.4 is 14.7 Å². The molecule has 5 nitrogen and oxygen atoms in total. The van der Waals surface area contributed by atoms with Crippen LogP contribution in [0.4, 0.5) is 17.1 Å². The molecular weight excluding hydrogens is 482 g/mol. The van der Waals surface area contributed by atoms with Crippen LogP contribution in [-0.2, 0) is 4.74 Å². The molecule has 0 aromatic heterocycles. The molecule has 0 fully saturated rings. The number of rotatable bonds is 11. The summed E-state index contributed by atoms with van der Waals surface area (Å²) in [6.45, 7) is 18.3. The largest absolute Gasteiger partial charge is 0.456 e. The summed E-state index contributed by atoms with van der Waals surface area (Å²) in [5.74, 6) is -0.425. The molecule has 210 valence electrons. The van der Waals surface area contributed by atoms with Gasteiger partial charge in [-0.1, -0.05) is 30.3 Å². The van der Waals surface area contributed by atoms with Gasteiger partial charge in [0.15, 0.2) is 0 Å². The normalized spacial score (nSPS) is 11.4. The maximum Gasteiger partial charge on any atom is 0.339 e. The Morgan fingerprint density at radius 2 is 1.10 bits per heavy atom. The fourth-order valence-corrected chi connectivity index (χ4v) is 5.07. The minimum absolute atomic E-state index is 0.125. The van der Waals surface area contributed by atoms with Gasteiger partial charge in [-0.2, -0.15) is 0 Å². The van der Waals surface area contributed by atoms with E-state index >= 15 is 0 Å². The molecule has 0 saturated carbocycles. The average Bonchev–Trinajstić information content (AvgIpc) is 2.91. The summed E-state index contributed by atoms with van der Waals surface area (Å²) in [5, 5.41) is 0. The number of esters is 1. The van der Waals surface area contributed by atoms with E-state index < -0.39 is 5.60 Å². The van der Waals surface area contributed by atoms with Gasteiger partial charge in [0, 0.05) is 63.3 Å². The lowest BCUT2D eigenvalue weighted by Crippen LogP contribution is -2.25. The summed E-state index contributed by atoms with van der Waals surface area (Å²) in [6, 6.07) is 23.7. The van der Waals surface area contributed by atoms with E-state index in [1.807, 2.05) is 45.8 Å². The Balaban J connectivity index is 2.21. The third-order valence-corrected chi connectivity index (χ3v) is 7.19. The molecule has 0 bridgehead atoms. The topological polar surface area (TPSA) is 36.0 Å². The third kappa shape index (κ3) is 7.35. The monoisotopic (exact) mass is 529 g/mol. The predicted octanol–water partition coefficient (Wildman–Crippen LogP) is 7.58. The summed E-state index contributed by atoms with van der Waals surface area (Å²) in [6.07, 6.45) is 0. The van der Waals surface area contributed by atoms with E-state index in [4.69, 9.17) is 4.74 Å². The average molecular weight is 530 g/mol. The first-order chi connectivity index (χ1) is 18.5. The van der Waals surface area contributed by atoms with Gasteiger partial charge in [-0.05, 0) is 102 Å². The predicted molar refractivity (Wildman–Crippen MR) is 167 cm³/mol. The lowest BCUT2D eigenvalue weighted by Gasteiger charge is -2.27. The summed E-state index contributed by atoms with van der Waals surface area (Å²) in [5.41, 5.74) is 6.61. The molecule has 0 atom stereocenters. The zero-order valence-corrected chi connectivity index (χ0v) is 25.4. The first kappa shape index (κ1) is 30.1. The first-order valence-corrected chi connectivity index (χ1v) is 14.3. The maximum atomic E-state index is 13.6. The molecule has 3 rings (SSSR count). The quantitative estimate of drug-likeness (QED) is 0.189. The lowest BCUT2D eigenvalue weighted by molar-refractivity contribution is 0.00682. The molecule has 0 amide bonds. The SMILES string of the molecule is CCN(CC)c1ccc(C(c2ccc(N(CC)CC)cc2)c2ccc(N(C)C)cc2C(=O)OC(C)(C)C)cc1. The zero-order chi connectivity index (χ0) is 28.7. The highest BCUT2D eigenvalue weighted by molar-refractivity contribution is 5.93. The van der Waals surface area contributed by atoms with E-state index in [0.29, 0.717) is 5.56 Å². The second-order valence-corrected chi connectivity index (χ2v) is 11.1. The Morgan fingerprint density at radius 1 is 0.692 bits per heavy atom. The molecule has 0 aliphatic rings. The minimum Gasteiger partial charge on any atom is -0.456 e. The van der Waals surface area contributed by atoms with Crippen LogP contribution in [0.3, 0.4) is 0 Å². The molecule has 0 unspecified atom stereocenters. The van der Waals surface area contributed by atoms with Crippen LogP contribution in [-0.4, -0.2) is 51.8 Å². The number of nitrogens with zero attached hydrogens (tertiary/aromatic N) is 3. The number of benzene rings is 3. The molecule has 5 heteroatoms. The Labute approximate surface area is 236 Å². The lowest BCUT2D eigenvalue weighted by atomic mass is 9.82. The van der Waals surface area contributed by atoms with Crippen molar-refractivity contribution < 1.29 is 9.53 Å². The van der Waals surface area contributed by atoms with Gasteiger partial charge in [0.2, 0.25) is 0 Å². The first-order valence-electron chi connectivity index (χ1n) is 14.3. The maximum absolute atomic E-state index is 13.6. The van der Waals surface area contributed by atoms with E-state index in [1.54, 1.807) is 0 Å². The highest BCUT2D eigenvalue weighted by Gasteiger charge is 2.27. The molecule has 0 aliphatic heterocycles. The number of hydrogen-bond donors (Lipinski definition) is 0. The highest BCUT2D eigenvalue weighted by Crippen LogP contribution is 2.37. The van der Waals surface area contributed by atoms with E-state index in [2.05, 4.69) is 98.2 Å². The van der Waals surface area contributed by atoms with Crippen molar-refractivity contribution in [3.63, 3.8) is 0 Å². The molecule has 3 aromatic rings. The van der Waals surface area contributed by atoms with Gasteiger partial charge in [-0.25, -0.2) is 4.79 Å². The molecule has 0 radical (unpaired) electrons. The third-order valence-electron chi connectivity index (χ3n) is 7.19. The van der Waals surface area contributed by atoms with Crippen molar-refractivity contribution in [2.24, 2.45) is 0 Å². The van der Waals surface area contributed by atoms with Gasteiger partial charge in [0.25, 0.3) is 0 Å². The van der Waals surface area contributed by atoms with Crippen molar-refractivity contribution >= 4 is 23.0 Å². The van der Waals surface area contributed by atoms with Crippen molar-refractivity contribution in [1.82, 2.24) is 0 Å². The molecule has 0 aliphatic carbocycles. The number of hydrogen-bond acceptors (Lipinski definition) is 5. The number of carbonyl (C=O) groups is 1. The molecule has 0 heterocycles. The van der Waals surface area contributed by atoms with E-state index in [1.165, 1.54) is 11.4 Å². The molecule has 0 N–H and O–H groups in total. The molecule has 0 spiro atoms. The summed E-state index contributed by atoms with van der Waals surface area (Å²) in [7, 11) is 3.98. The molecule has 39 heavy (non-hydrogen) atoms. The van der Waals surface area contributed by atoms with Crippen LogP contribution in [0.2, 0.25) is 0 Å². The van der Waals surface area contributed by atoms with Crippen molar-refractivity contribution in [3.8, 4) is 0 Å². The van der Waals surface area contributed by atoms with Crippen LogP contribution in [0.1, 0.15) is 81.4 Å². The number of anilines is 3. The van der Waals surface area contributed by atoms with Gasteiger partial charge >= 0.3 is 5.97 Å². The van der Waals surface area contributed by atoms with Gasteiger partial charge in [-0.15, -0.1) is 0 Å². The van der Waals surface area contributed by atoms with E-state index in [0.717, 1.165) is 48.6 Å². The minimum atomic E-state index is -0.588. The van der Waals surface area contributed by atoms with Gasteiger partial charge in [-0.3, -0.25) is 0 Å². The second-order valence-electron chi connectivity index (χ2n) is 11.1. The van der Waals surface area contributed by atoms with Gasteiger partial charge < -0.3 is 19.4 Å². The van der Waals surface area contributed by atoms with Crippen molar-refractivity contribution in [3.05, 3.63) is 89.0 Å². The summed E-state index contributed by atoms with van der Waals surface area (Å²) >= 11 is 0. The Hall–Kier alpha value is -3.47. The van der Waals surface area contributed by atoms with Crippen molar-refractivity contribution in [2.45, 2.75) is 60.0 Å². The van der Waals surface area contributed by atoms with Crippen molar-refractivity contribution in [2.75, 3.05) is 55.0 Å². The smallest absolute Gasteiger partial charge is 0.339 e. The fourth-order valence-electron chi connectivity index (χ4n) is 5.07. The zero-order valence-electron chi connectivity index (χ0n) is 25.4. The Morgan fingerprint density at radius 3 is 1.46 bits per heavy atom. The molecule has 0 saturated heterocycles. The van der Waals surface area contributed by atoms with E-state index in [-0.39, 0.29) is 11.9 Å². The van der Waals surface area contributed by atoms with Crippen LogP contribution >= 0.6 is 0 Å².